The number of carbonyl (C=O) groups excluding carboxylic acids is 1. The molecule has 3 N–H and O–H groups in total. The molecule has 0 saturated carbocycles. The summed E-state index contributed by atoms with van der Waals surface area (Å²) in [6.45, 7) is 4.87. The highest BCUT2D eigenvalue weighted by molar-refractivity contribution is 7.47. The van der Waals surface area contributed by atoms with Gasteiger partial charge in [-0.2, -0.15) is 0 Å². The van der Waals surface area contributed by atoms with E-state index in [0.717, 1.165) is 32.1 Å². The summed E-state index contributed by atoms with van der Waals surface area (Å²) in [5, 5.41) is 13.9. The molecule has 8 nitrogen and oxygen atoms in total. The first-order valence-corrected chi connectivity index (χ1v) is 31.6. The van der Waals surface area contributed by atoms with E-state index in [2.05, 4.69) is 19.2 Å². The summed E-state index contributed by atoms with van der Waals surface area (Å²) in [5.41, 5.74) is 0. The van der Waals surface area contributed by atoms with E-state index < -0.39 is 20.0 Å². The topological polar surface area (TPSA) is 105 Å². The van der Waals surface area contributed by atoms with Crippen LogP contribution in [0.2, 0.25) is 0 Å². The molecule has 0 saturated heterocycles. The molecular weight excluding hydrogens is 864 g/mol. The molecule has 0 aromatic rings. The lowest BCUT2D eigenvalue weighted by Crippen LogP contribution is -2.45. The molecule has 0 aromatic carbocycles. The summed E-state index contributed by atoms with van der Waals surface area (Å²) in [6, 6.07) is -0.842. The molecule has 0 spiro atoms. The average Bonchev–Trinajstić information content (AvgIpc) is 3.30. The fourth-order valence-electron chi connectivity index (χ4n) is 9.28. The zero-order chi connectivity index (χ0) is 49.9. The van der Waals surface area contributed by atoms with Crippen molar-refractivity contribution in [3.63, 3.8) is 0 Å². The molecular formula is C59H120N2O6P+. The van der Waals surface area contributed by atoms with Gasteiger partial charge >= 0.3 is 7.82 Å². The number of hydrogen-bond donors (Lipinski definition) is 3. The maximum Gasteiger partial charge on any atom is 0.472 e. The monoisotopic (exact) mass is 984 g/mol. The lowest BCUT2D eigenvalue weighted by atomic mass is 10.0. The quantitative estimate of drug-likeness (QED) is 0.0243. The number of amides is 1. The van der Waals surface area contributed by atoms with E-state index in [1.165, 1.54) is 257 Å². The lowest BCUT2D eigenvalue weighted by Gasteiger charge is -2.25. The molecule has 0 radical (unpaired) electrons. The van der Waals surface area contributed by atoms with Crippen LogP contribution in [0.5, 0.6) is 0 Å². The Labute approximate surface area is 424 Å². The molecule has 0 rings (SSSR count). The fraction of sp³-hybridized carbons (Fsp3) is 0.949. The number of aliphatic hydroxyl groups is 1. The predicted molar refractivity (Wildman–Crippen MR) is 295 cm³/mol. The van der Waals surface area contributed by atoms with Crippen molar-refractivity contribution < 1.29 is 32.9 Å². The maximum absolute atomic E-state index is 13.0. The van der Waals surface area contributed by atoms with E-state index in [1.807, 2.05) is 27.2 Å². The first kappa shape index (κ1) is 67.2. The van der Waals surface area contributed by atoms with Crippen LogP contribution in [-0.2, 0) is 18.4 Å². The lowest BCUT2D eigenvalue weighted by molar-refractivity contribution is -0.870. The van der Waals surface area contributed by atoms with E-state index in [4.69, 9.17) is 9.05 Å². The third-order valence-corrected chi connectivity index (χ3v) is 15.0. The molecule has 0 aliphatic rings. The van der Waals surface area contributed by atoms with Gasteiger partial charge in [-0.05, 0) is 19.3 Å². The van der Waals surface area contributed by atoms with Crippen LogP contribution in [0.25, 0.3) is 0 Å². The minimum atomic E-state index is -4.34. The Kier molecular flexibility index (Phi) is 50.6. The fourth-order valence-corrected chi connectivity index (χ4v) is 10.0. The molecule has 0 aromatic heterocycles. The third kappa shape index (κ3) is 53.0. The van der Waals surface area contributed by atoms with E-state index in [-0.39, 0.29) is 19.1 Å². The van der Waals surface area contributed by atoms with Gasteiger partial charge in [0.05, 0.1) is 39.9 Å². The number of rotatable bonds is 56. The number of quaternary nitrogens is 1. The molecule has 1 unspecified atom stereocenters. The molecule has 0 aliphatic carbocycles. The second-order valence-electron chi connectivity index (χ2n) is 22.1. The highest BCUT2D eigenvalue weighted by atomic mass is 31.2. The van der Waals surface area contributed by atoms with Crippen molar-refractivity contribution in [1.82, 2.24) is 5.32 Å². The maximum atomic E-state index is 13.0. The van der Waals surface area contributed by atoms with Crippen molar-refractivity contribution in [1.29, 1.82) is 0 Å². The van der Waals surface area contributed by atoms with Crippen molar-refractivity contribution in [2.75, 3.05) is 40.9 Å². The highest BCUT2D eigenvalue weighted by Gasteiger charge is 2.27. The van der Waals surface area contributed by atoms with Gasteiger partial charge < -0.3 is 19.8 Å². The second-order valence-corrected chi connectivity index (χ2v) is 23.5. The first-order chi connectivity index (χ1) is 33.0. The number of hydrogen-bond acceptors (Lipinski definition) is 5. The summed E-state index contributed by atoms with van der Waals surface area (Å²) in [5.74, 6) is -0.169. The predicted octanol–water partition coefficient (Wildman–Crippen LogP) is 18.2. The normalized spacial score (nSPS) is 13.9. The summed E-state index contributed by atoms with van der Waals surface area (Å²) < 4.78 is 23.7. The van der Waals surface area contributed by atoms with E-state index in [1.54, 1.807) is 6.08 Å². The standard InChI is InChI=1S/C59H119N2O6P/c1-6-8-10-12-14-16-18-20-22-24-25-26-27-28-29-30-31-32-33-34-35-37-39-41-43-45-47-49-51-53-59(63)60-57(56-67-68(64,65)66-55-54-61(3,4)5)58(62)52-50-48-46-44-42-40-38-36-23-21-19-17-15-13-11-9-7-2/h50,52,57-58,62H,6-49,51,53-56H2,1-5H3,(H-,60,63,64,65)/p+1/b52-50+/t57-,58+/m0/s1. The summed E-state index contributed by atoms with van der Waals surface area (Å²) >= 11 is 0. The van der Waals surface area contributed by atoms with Crippen LogP contribution in [0.3, 0.4) is 0 Å². The smallest absolute Gasteiger partial charge is 0.387 e. The van der Waals surface area contributed by atoms with Crippen molar-refractivity contribution in [2.24, 2.45) is 0 Å². The minimum Gasteiger partial charge on any atom is -0.387 e. The van der Waals surface area contributed by atoms with Gasteiger partial charge in [0, 0.05) is 6.42 Å². The van der Waals surface area contributed by atoms with Gasteiger partial charge in [0.25, 0.3) is 0 Å². The Hall–Kier alpha value is -0.760. The summed E-state index contributed by atoms with van der Waals surface area (Å²) in [7, 11) is 1.59. The number of nitrogens with one attached hydrogen (secondary N) is 1. The van der Waals surface area contributed by atoms with Gasteiger partial charge in [-0.1, -0.05) is 296 Å². The van der Waals surface area contributed by atoms with Crippen LogP contribution in [0.1, 0.15) is 309 Å². The average molecular weight is 985 g/mol. The Balaban J connectivity index is 4.07. The van der Waals surface area contributed by atoms with Gasteiger partial charge in [0.2, 0.25) is 5.91 Å². The molecule has 0 heterocycles. The number of unbranched alkanes of at least 4 members (excludes halogenated alkanes) is 43. The zero-order valence-corrected chi connectivity index (χ0v) is 47.3. The van der Waals surface area contributed by atoms with Crippen molar-refractivity contribution in [3.05, 3.63) is 12.2 Å². The van der Waals surface area contributed by atoms with E-state index in [0.29, 0.717) is 17.4 Å². The molecule has 0 aliphatic heterocycles. The van der Waals surface area contributed by atoms with Gasteiger partial charge in [0.1, 0.15) is 13.2 Å². The van der Waals surface area contributed by atoms with E-state index >= 15 is 0 Å². The Morgan fingerprint density at radius 3 is 1.09 bits per heavy atom. The van der Waals surface area contributed by atoms with Gasteiger partial charge in [-0.15, -0.1) is 0 Å². The SMILES string of the molecule is CCCCCCCCCCCCCCCCC/C=C/[C@@H](O)[C@H](COP(=O)(O)OCC[N+](C)(C)C)NC(=O)CCCCCCCCCCCCCCCCCCCCCCCCCCCCCCC. The number of likely N-dealkylation sites (N-methyl/N-ethyl adjacent to an activating group) is 1. The number of aliphatic hydroxyl groups excluding tert-OH is 1. The van der Waals surface area contributed by atoms with Crippen molar-refractivity contribution in [2.45, 2.75) is 321 Å². The molecule has 9 heteroatoms. The van der Waals surface area contributed by atoms with Crippen LogP contribution in [0, 0.1) is 0 Å². The molecule has 406 valence electrons. The van der Waals surface area contributed by atoms with E-state index in [9.17, 15) is 19.4 Å². The Morgan fingerprint density at radius 1 is 0.485 bits per heavy atom. The number of carbonyl (C=O) groups is 1. The second kappa shape index (κ2) is 51.2. The van der Waals surface area contributed by atoms with Crippen LogP contribution < -0.4 is 5.32 Å². The highest BCUT2D eigenvalue weighted by Crippen LogP contribution is 2.43. The van der Waals surface area contributed by atoms with Crippen LogP contribution in [-0.4, -0.2) is 73.4 Å². The van der Waals surface area contributed by atoms with Gasteiger partial charge in [-0.25, -0.2) is 4.57 Å². The molecule has 0 fully saturated rings. The number of nitrogens with zero attached hydrogens (tertiary/aromatic N) is 1. The number of phosphoric ester groups is 1. The van der Waals surface area contributed by atoms with Crippen LogP contribution >= 0.6 is 7.82 Å². The summed E-state index contributed by atoms with van der Waals surface area (Å²) in [4.78, 5) is 23.3. The first-order valence-electron chi connectivity index (χ1n) is 30.1. The van der Waals surface area contributed by atoms with Crippen molar-refractivity contribution >= 4 is 13.7 Å². The largest absolute Gasteiger partial charge is 0.472 e. The van der Waals surface area contributed by atoms with Crippen LogP contribution in [0.15, 0.2) is 12.2 Å². The van der Waals surface area contributed by atoms with Gasteiger partial charge in [0.15, 0.2) is 0 Å². The van der Waals surface area contributed by atoms with Gasteiger partial charge in [-0.3, -0.25) is 13.8 Å². The number of phosphoric acid groups is 1. The van der Waals surface area contributed by atoms with Crippen LogP contribution in [0.4, 0.5) is 0 Å². The third-order valence-electron chi connectivity index (χ3n) is 14.0. The molecule has 0 bridgehead atoms. The molecule has 3 atom stereocenters. The zero-order valence-electron chi connectivity index (χ0n) is 46.4. The molecule has 1 amide bonds. The summed E-state index contributed by atoms with van der Waals surface area (Å²) in [6.07, 6.45) is 63.2. The van der Waals surface area contributed by atoms with Crippen molar-refractivity contribution in [3.8, 4) is 0 Å². The minimum absolute atomic E-state index is 0.0652. The Morgan fingerprint density at radius 2 is 0.779 bits per heavy atom. The Bertz CT molecular complexity index is 1120. The number of allylic oxidation sites excluding steroid dienone is 1. The molecule has 68 heavy (non-hydrogen) atoms.